The minimum atomic E-state index is -0.120. The van der Waals surface area contributed by atoms with Crippen LogP contribution in [0.4, 0.5) is 0 Å². The minimum absolute atomic E-state index is 0.120. The Balaban J connectivity index is 2.13. The highest BCUT2D eigenvalue weighted by Gasteiger charge is 2.21. The fraction of sp³-hybridized carbons (Fsp3) is 0.286. The molecule has 0 aliphatic heterocycles. The van der Waals surface area contributed by atoms with E-state index in [4.69, 9.17) is 4.42 Å². The van der Waals surface area contributed by atoms with Crippen molar-refractivity contribution in [3.63, 3.8) is 0 Å². The molecule has 0 amide bonds. The van der Waals surface area contributed by atoms with Crippen LogP contribution in [0.2, 0.25) is 0 Å². The summed E-state index contributed by atoms with van der Waals surface area (Å²) in [5.41, 5.74) is 1.80. The van der Waals surface area contributed by atoms with Gasteiger partial charge in [0, 0.05) is 5.41 Å². The van der Waals surface area contributed by atoms with Crippen LogP contribution in [0, 0.1) is 6.20 Å². The molecule has 0 atom stereocenters. The van der Waals surface area contributed by atoms with E-state index in [1.807, 2.05) is 28.8 Å². The summed E-state index contributed by atoms with van der Waals surface area (Å²) in [7, 11) is 0. The molecule has 0 N–H and O–H groups in total. The quantitative estimate of drug-likeness (QED) is 0.656. The fourth-order valence-corrected chi connectivity index (χ4v) is 1.78. The maximum atomic E-state index is 5.76. The Morgan fingerprint density at radius 1 is 1.22 bits per heavy atom. The van der Waals surface area contributed by atoms with Crippen LogP contribution in [-0.2, 0) is 5.41 Å². The van der Waals surface area contributed by atoms with Crippen molar-refractivity contribution in [3.8, 4) is 5.88 Å². The van der Waals surface area contributed by atoms with Gasteiger partial charge in [-0.05, 0) is 12.1 Å². The number of fused-ring (bicyclic) bond motifs is 1. The molecule has 2 heterocycles. The molecule has 2 aromatic heterocycles. The second-order valence-corrected chi connectivity index (χ2v) is 5.29. The number of nitrogens with zero attached hydrogens (tertiary/aromatic N) is 3. The van der Waals surface area contributed by atoms with E-state index in [0.29, 0.717) is 11.8 Å². The van der Waals surface area contributed by atoms with Crippen molar-refractivity contribution >= 4 is 11.0 Å². The lowest BCUT2D eigenvalue weighted by molar-refractivity contribution is 0.386. The Morgan fingerprint density at radius 2 is 2.00 bits per heavy atom. The highest BCUT2D eigenvalue weighted by Crippen LogP contribution is 2.24. The predicted octanol–water partition coefficient (Wildman–Crippen LogP) is 3.11. The van der Waals surface area contributed by atoms with Gasteiger partial charge in [-0.15, -0.1) is 0 Å². The first-order valence-corrected chi connectivity index (χ1v) is 5.87. The van der Waals surface area contributed by atoms with Crippen molar-refractivity contribution in [1.82, 2.24) is 14.5 Å². The van der Waals surface area contributed by atoms with E-state index in [9.17, 15) is 0 Å². The van der Waals surface area contributed by atoms with Crippen LogP contribution in [0.1, 0.15) is 26.7 Å². The predicted molar refractivity (Wildman–Crippen MR) is 68.7 cm³/mol. The third-order valence-electron chi connectivity index (χ3n) is 2.76. The van der Waals surface area contributed by atoms with E-state index in [0.717, 1.165) is 11.0 Å². The molecule has 91 valence electrons. The van der Waals surface area contributed by atoms with Gasteiger partial charge in [-0.3, -0.25) is 4.57 Å². The highest BCUT2D eigenvalue weighted by atomic mass is 16.4. The lowest BCUT2D eigenvalue weighted by atomic mass is 9.97. The number of rotatable bonds is 1. The first-order valence-electron chi connectivity index (χ1n) is 5.87. The topological polar surface area (TPSA) is 43.9 Å². The molecular formula is C14H14N3O. The number of hydrogen-bond acceptors (Lipinski definition) is 3. The van der Waals surface area contributed by atoms with Gasteiger partial charge in [0.25, 0.3) is 0 Å². The summed E-state index contributed by atoms with van der Waals surface area (Å²) in [5.74, 6) is 1.25. The molecule has 3 aromatic rings. The van der Waals surface area contributed by atoms with Gasteiger partial charge < -0.3 is 4.42 Å². The van der Waals surface area contributed by atoms with Gasteiger partial charge >= 0.3 is 0 Å². The normalized spacial score (nSPS) is 12.2. The van der Waals surface area contributed by atoms with E-state index >= 15 is 0 Å². The summed E-state index contributed by atoms with van der Waals surface area (Å²) in [6, 6.07) is 7.90. The molecule has 0 saturated carbocycles. The molecule has 0 aliphatic carbocycles. The summed E-state index contributed by atoms with van der Waals surface area (Å²) in [6.07, 6.45) is 4.64. The van der Waals surface area contributed by atoms with Crippen LogP contribution in [0.15, 0.2) is 35.0 Å². The molecular weight excluding hydrogens is 226 g/mol. The number of imidazole rings is 1. The summed E-state index contributed by atoms with van der Waals surface area (Å²) >= 11 is 0. The van der Waals surface area contributed by atoms with E-state index in [1.165, 1.54) is 0 Å². The Bertz CT molecular complexity index is 688. The van der Waals surface area contributed by atoms with E-state index in [-0.39, 0.29) is 5.41 Å². The molecule has 1 aromatic carbocycles. The largest absolute Gasteiger partial charge is 0.423 e. The molecule has 3 rings (SSSR count). The van der Waals surface area contributed by atoms with Crippen LogP contribution < -0.4 is 0 Å². The highest BCUT2D eigenvalue weighted by molar-refractivity contribution is 5.76. The first kappa shape index (κ1) is 11.0. The Labute approximate surface area is 105 Å². The number of para-hydroxylation sites is 2. The molecule has 0 fully saturated rings. The van der Waals surface area contributed by atoms with Gasteiger partial charge in [0.1, 0.15) is 6.33 Å². The van der Waals surface area contributed by atoms with Crippen molar-refractivity contribution in [1.29, 1.82) is 0 Å². The van der Waals surface area contributed by atoms with Crippen molar-refractivity contribution in [2.45, 2.75) is 26.2 Å². The third kappa shape index (κ3) is 1.70. The smallest absolute Gasteiger partial charge is 0.236 e. The zero-order valence-electron chi connectivity index (χ0n) is 10.6. The van der Waals surface area contributed by atoms with Crippen LogP contribution >= 0.6 is 0 Å². The van der Waals surface area contributed by atoms with Crippen LogP contribution in [-0.4, -0.2) is 14.5 Å². The summed E-state index contributed by atoms with van der Waals surface area (Å²) in [4.78, 5) is 8.53. The van der Waals surface area contributed by atoms with Crippen LogP contribution in [0.3, 0.4) is 0 Å². The van der Waals surface area contributed by atoms with Crippen LogP contribution in [0.25, 0.3) is 16.9 Å². The number of benzene rings is 1. The van der Waals surface area contributed by atoms with Gasteiger partial charge in [-0.25, -0.2) is 9.97 Å². The van der Waals surface area contributed by atoms with Gasteiger partial charge in [0.05, 0.1) is 11.0 Å². The fourth-order valence-electron chi connectivity index (χ4n) is 1.78. The molecule has 0 bridgehead atoms. The van der Waals surface area contributed by atoms with E-state index < -0.39 is 0 Å². The molecule has 18 heavy (non-hydrogen) atoms. The summed E-state index contributed by atoms with van der Waals surface area (Å²) in [5, 5.41) is 0. The molecule has 4 nitrogen and oxygen atoms in total. The van der Waals surface area contributed by atoms with Gasteiger partial charge in [-0.1, -0.05) is 32.9 Å². The Hall–Kier alpha value is -2.10. The molecule has 0 saturated heterocycles. The van der Waals surface area contributed by atoms with Gasteiger partial charge in [0.2, 0.25) is 11.8 Å². The van der Waals surface area contributed by atoms with E-state index in [2.05, 4.69) is 36.9 Å². The minimum Gasteiger partial charge on any atom is -0.423 e. The lowest BCUT2D eigenvalue weighted by Gasteiger charge is -2.12. The van der Waals surface area contributed by atoms with E-state index in [1.54, 1.807) is 6.33 Å². The third-order valence-corrected chi connectivity index (χ3v) is 2.76. The summed E-state index contributed by atoms with van der Waals surface area (Å²) < 4.78 is 7.62. The SMILES string of the molecule is CC(C)(C)c1n[c]c(-n2cnc3ccccc32)o1. The average molecular weight is 240 g/mol. The number of hydrogen-bond donors (Lipinski definition) is 0. The first-order chi connectivity index (χ1) is 8.55. The van der Waals surface area contributed by atoms with Crippen molar-refractivity contribution in [2.24, 2.45) is 0 Å². The molecule has 4 heteroatoms. The van der Waals surface area contributed by atoms with Gasteiger partial charge in [-0.2, -0.15) is 0 Å². The second-order valence-electron chi connectivity index (χ2n) is 5.29. The van der Waals surface area contributed by atoms with Crippen molar-refractivity contribution < 1.29 is 4.42 Å². The average Bonchev–Trinajstić information content (AvgIpc) is 2.94. The maximum Gasteiger partial charge on any atom is 0.236 e. The van der Waals surface area contributed by atoms with Crippen molar-refractivity contribution in [2.75, 3.05) is 0 Å². The molecule has 0 spiro atoms. The van der Waals surface area contributed by atoms with Gasteiger partial charge in [0.15, 0.2) is 6.20 Å². The maximum absolute atomic E-state index is 5.76. The number of aromatic nitrogens is 3. The summed E-state index contributed by atoms with van der Waals surface area (Å²) in [6.45, 7) is 6.17. The molecule has 1 radical (unpaired) electrons. The zero-order chi connectivity index (χ0) is 12.8. The second kappa shape index (κ2) is 3.70. The zero-order valence-corrected chi connectivity index (χ0v) is 10.6. The van der Waals surface area contributed by atoms with Crippen molar-refractivity contribution in [3.05, 3.63) is 42.7 Å². The Morgan fingerprint density at radius 3 is 2.72 bits per heavy atom. The number of oxazole rings is 1. The lowest BCUT2D eigenvalue weighted by Crippen LogP contribution is -2.11. The molecule has 0 aliphatic rings. The Kier molecular flexibility index (Phi) is 2.26. The standard InChI is InChI=1S/C14H14N3O/c1-14(2,3)13-15-8-12(18-13)17-9-16-10-6-4-5-7-11(10)17/h4-7,9H,1-3H3. The van der Waals surface area contributed by atoms with Crippen LogP contribution in [0.5, 0.6) is 0 Å². The molecule has 0 unspecified atom stereocenters. The monoisotopic (exact) mass is 240 g/mol.